The molecule has 113 valence electrons. The predicted molar refractivity (Wildman–Crippen MR) is 83.9 cm³/mol. The Balaban J connectivity index is 0.00000220. The number of pyridine rings is 1. The van der Waals surface area contributed by atoms with E-state index in [1.165, 1.54) is 5.56 Å². The molecule has 1 atom stereocenters. The Labute approximate surface area is 137 Å². The van der Waals surface area contributed by atoms with Crippen LogP contribution >= 0.6 is 0 Å². The van der Waals surface area contributed by atoms with Gasteiger partial charge in [0.2, 0.25) is 0 Å². The molecule has 3 nitrogen and oxygen atoms in total. The number of nitrogens with zero attached hydrogens (tertiary/aromatic N) is 1. The summed E-state index contributed by atoms with van der Waals surface area (Å²) < 4.78 is 0. The molecule has 1 aliphatic carbocycles. The maximum Gasteiger partial charge on any atom is 0.0563 e. The molecule has 0 bridgehead atoms. The summed E-state index contributed by atoms with van der Waals surface area (Å²) in [5, 5.41) is 10.8. The van der Waals surface area contributed by atoms with E-state index < -0.39 is 0 Å². The van der Waals surface area contributed by atoms with Crippen molar-refractivity contribution in [2.75, 3.05) is 5.32 Å². The molecule has 21 heavy (non-hydrogen) atoms. The van der Waals surface area contributed by atoms with Crippen molar-refractivity contribution in [1.29, 1.82) is 5.41 Å². The Bertz CT molecular complexity index is 585. The van der Waals surface area contributed by atoms with Crippen molar-refractivity contribution < 1.29 is 16.8 Å². The second-order valence-electron chi connectivity index (χ2n) is 5.30. The van der Waals surface area contributed by atoms with E-state index in [2.05, 4.69) is 37.3 Å². The van der Waals surface area contributed by atoms with Gasteiger partial charge in [-0.2, -0.15) is 0 Å². The van der Waals surface area contributed by atoms with Crippen LogP contribution < -0.4 is 5.32 Å². The first-order chi connectivity index (χ1) is 9.58. The SMILES string of the molecule is CC(C)C(C)c1ccnc(N[C-]=C2C=CC=CC2=N)c1.[Co]. The van der Waals surface area contributed by atoms with Crippen LogP contribution in [-0.2, 0) is 16.8 Å². The molecule has 0 amide bonds. The second-order valence-corrected chi connectivity index (χ2v) is 5.30. The van der Waals surface area contributed by atoms with Crippen molar-refractivity contribution in [2.24, 2.45) is 5.92 Å². The van der Waals surface area contributed by atoms with Gasteiger partial charge in [0.15, 0.2) is 0 Å². The Morgan fingerprint density at radius 2 is 1.90 bits per heavy atom. The quantitative estimate of drug-likeness (QED) is 0.647. The molecular formula is C17H20CoN3-. The predicted octanol–water partition coefficient (Wildman–Crippen LogP) is 4.08. The molecule has 1 radical (unpaired) electrons. The van der Waals surface area contributed by atoms with Gasteiger partial charge in [0.05, 0.1) is 5.82 Å². The number of nitrogens with one attached hydrogen (secondary N) is 2. The van der Waals surface area contributed by atoms with Gasteiger partial charge >= 0.3 is 0 Å². The summed E-state index contributed by atoms with van der Waals surface area (Å²) in [6.45, 7) is 6.65. The van der Waals surface area contributed by atoms with Gasteiger partial charge in [-0.3, -0.25) is 4.98 Å². The first kappa shape index (κ1) is 17.4. The van der Waals surface area contributed by atoms with Crippen LogP contribution in [0.25, 0.3) is 0 Å². The molecule has 2 N–H and O–H groups in total. The van der Waals surface area contributed by atoms with Gasteiger partial charge in [-0.1, -0.05) is 45.2 Å². The molecule has 1 aromatic heterocycles. The number of allylic oxidation sites excluding steroid dienone is 5. The Morgan fingerprint density at radius 1 is 1.19 bits per heavy atom. The van der Waals surface area contributed by atoms with E-state index >= 15 is 0 Å². The van der Waals surface area contributed by atoms with Gasteiger partial charge in [0.1, 0.15) is 0 Å². The number of hydrogen-bond donors (Lipinski definition) is 2. The van der Waals surface area contributed by atoms with Gasteiger partial charge in [0, 0.05) is 23.0 Å². The minimum absolute atomic E-state index is 0. The van der Waals surface area contributed by atoms with Crippen LogP contribution in [0.5, 0.6) is 0 Å². The minimum Gasteiger partial charge on any atom is -0.424 e. The third kappa shape index (κ3) is 4.69. The molecule has 0 saturated carbocycles. The van der Waals surface area contributed by atoms with Gasteiger partial charge in [-0.25, -0.2) is 0 Å². The van der Waals surface area contributed by atoms with Crippen molar-refractivity contribution in [3.05, 3.63) is 60.0 Å². The molecule has 1 aliphatic rings. The molecule has 0 aromatic carbocycles. The van der Waals surface area contributed by atoms with Crippen LogP contribution in [0, 0.1) is 17.5 Å². The summed E-state index contributed by atoms with van der Waals surface area (Å²) in [6.07, 6.45) is 12.2. The monoisotopic (exact) mass is 325 g/mol. The topological polar surface area (TPSA) is 48.8 Å². The third-order valence-electron chi connectivity index (χ3n) is 3.56. The first-order valence-electron chi connectivity index (χ1n) is 6.86. The van der Waals surface area contributed by atoms with Gasteiger partial charge in [0.25, 0.3) is 0 Å². The fourth-order valence-electron chi connectivity index (χ4n) is 1.91. The smallest absolute Gasteiger partial charge is 0.0563 e. The number of anilines is 1. The molecular weight excluding hydrogens is 305 g/mol. The Morgan fingerprint density at radius 3 is 2.57 bits per heavy atom. The molecule has 0 aliphatic heterocycles. The molecule has 1 unspecified atom stereocenters. The molecule has 1 aromatic rings. The van der Waals surface area contributed by atoms with Crippen molar-refractivity contribution in [1.82, 2.24) is 4.98 Å². The zero-order valence-corrected chi connectivity index (χ0v) is 13.5. The minimum atomic E-state index is 0. The van der Waals surface area contributed by atoms with E-state index in [1.807, 2.05) is 36.6 Å². The first-order valence-corrected chi connectivity index (χ1v) is 6.86. The third-order valence-corrected chi connectivity index (χ3v) is 3.56. The van der Waals surface area contributed by atoms with E-state index in [0.717, 1.165) is 11.4 Å². The summed E-state index contributed by atoms with van der Waals surface area (Å²) in [7, 11) is 0. The fourth-order valence-corrected chi connectivity index (χ4v) is 1.91. The van der Waals surface area contributed by atoms with Crippen molar-refractivity contribution in [3.63, 3.8) is 0 Å². The standard InChI is InChI=1S/C17H20N3.Co/c1-12(2)13(3)14-8-9-19-17(10-14)20-11-15-6-4-5-7-16(15)18;/h4-10,12-13,18H,1-3H3,(H,19,20);/q-1;. The molecule has 4 heteroatoms. The average Bonchev–Trinajstić information content (AvgIpc) is 2.46. The average molecular weight is 325 g/mol. The summed E-state index contributed by atoms with van der Waals surface area (Å²) in [5.41, 5.74) is 2.45. The Hall–Kier alpha value is -1.65. The maximum atomic E-state index is 7.78. The molecule has 2 rings (SSSR count). The van der Waals surface area contributed by atoms with Crippen LogP contribution in [0.1, 0.15) is 32.3 Å². The molecule has 0 spiro atoms. The molecule has 1 heterocycles. The van der Waals surface area contributed by atoms with Crippen LogP contribution in [-0.4, -0.2) is 10.7 Å². The van der Waals surface area contributed by atoms with Crippen LogP contribution in [0.15, 0.2) is 48.2 Å². The van der Waals surface area contributed by atoms with E-state index in [9.17, 15) is 0 Å². The fraction of sp³-hybridized carbons (Fsp3) is 0.294. The van der Waals surface area contributed by atoms with Crippen molar-refractivity contribution in [3.8, 4) is 0 Å². The summed E-state index contributed by atoms with van der Waals surface area (Å²) in [5.74, 6) is 1.84. The van der Waals surface area contributed by atoms with E-state index in [-0.39, 0.29) is 16.8 Å². The van der Waals surface area contributed by atoms with E-state index in [1.54, 1.807) is 6.08 Å². The van der Waals surface area contributed by atoms with Gasteiger partial charge < -0.3 is 10.7 Å². The van der Waals surface area contributed by atoms with Crippen molar-refractivity contribution >= 4 is 11.5 Å². The maximum absolute atomic E-state index is 7.78. The van der Waals surface area contributed by atoms with Gasteiger partial charge in [-0.05, 0) is 29.2 Å². The number of rotatable bonds is 4. The summed E-state index contributed by atoms with van der Waals surface area (Å²) in [4.78, 5) is 4.29. The summed E-state index contributed by atoms with van der Waals surface area (Å²) >= 11 is 0. The van der Waals surface area contributed by atoms with E-state index in [4.69, 9.17) is 5.41 Å². The molecule has 0 fully saturated rings. The van der Waals surface area contributed by atoms with Crippen molar-refractivity contribution in [2.45, 2.75) is 26.7 Å². The normalized spacial score (nSPS) is 17.0. The van der Waals surface area contributed by atoms with Crippen LogP contribution in [0.4, 0.5) is 5.82 Å². The zero-order chi connectivity index (χ0) is 14.5. The van der Waals surface area contributed by atoms with Gasteiger partial charge in [-0.15, -0.1) is 17.7 Å². The molecule has 0 saturated heterocycles. The van der Waals surface area contributed by atoms with E-state index in [0.29, 0.717) is 17.5 Å². The summed E-state index contributed by atoms with van der Waals surface area (Å²) in [6, 6.07) is 4.10. The Kier molecular flexibility index (Phi) is 6.59. The van der Waals surface area contributed by atoms with Crippen LogP contribution in [0.2, 0.25) is 0 Å². The van der Waals surface area contributed by atoms with Crippen LogP contribution in [0.3, 0.4) is 0 Å². The zero-order valence-electron chi connectivity index (χ0n) is 12.5. The number of hydrogen-bond acceptors (Lipinski definition) is 3. The number of aromatic nitrogens is 1. The largest absolute Gasteiger partial charge is 0.424 e. The second kappa shape index (κ2) is 7.95.